The van der Waals surface area contributed by atoms with Crippen LogP contribution >= 0.6 is 0 Å². The fourth-order valence-electron chi connectivity index (χ4n) is 2.70. The first-order valence-corrected chi connectivity index (χ1v) is 7.91. The van der Waals surface area contributed by atoms with Gasteiger partial charge < -0.3 is 14.6 Å². The molecule has 0 saturated carbocycles. The molecule has 0 unspecified atom stereocenters. The average molecular weight is 340 g/mol. The topological polar surface area (TPSA) is 108 Å². The number of benzene rings is 1. The number of rotatable bonds is 4. The number of carbonyl (C=O) groups is 1. The summed E-state index contributed by atoms with van der Waals surface area (Å²) < 4.78 is 11.0. The summed E-state index contributed by atoms with van der Waals surface area (Å²) in [5.74, 6) is 1.19. The van der Waals surface area contributed by atoms with E-state index in [0.717, 1.165) is 34.8 Å². The summed E-state index contributed by atoms with van der Waals surface area (Å²) in [7, 11) is 1.60. The molecule has 1 aliphatic rings. The van der Waals surface area contributed by atoms with E-state index < -0.39 is 0 Å². The van der Waals surface area contributed by atoms with Crippen molar-refractivity contribution in [2.75, 3.05) is 6.61 Å². The fraction of sp³-hybridized carbons (Fsp3) is 0.312. The summed E-state index contributed by atoms with van der Waals surface area (Å²) in [6, 6.07) is 7.41. The molecule has 1 aromatic carbocycles. The minimum atomic E-state index is -0.386. The Balaban J connectivity index is 1.54. The summed E-state index contributed by atoms with van der Waals surface area (Å²) in [5.41, 5.74) is 2.57. The quantitative estimate of drug-likeness (QED) is 0.762. The molecule has 0 spiro atoms. The Kier molecular flexibility index (Phi) is 3.68. The lowest BCUT2D eigenvalue weighted by Crippen LogP contribution is -2.30. The molecule has 4 rings (SSSR count). The predicted molar refractivity (Wildman–Crippen MR) is 85.8 cm³/mol. The molecule has 2 aromatic heterocycles. The van der Waals surface area contributed by atoms with E-state index in [0.29, 0.717) is 6.61 Å². The molecule has 3 heterocycles. The van der Waals surface area contributed by atoms with E-state index in [2.05, 4.69) is 25.9 Å². The molecule has 1 amide bonds. The van der Waals surface area contributed by atoms with Crippen molar-refractivity contribution in [1.82, 2.24) is 30.7 Å². The maximum Gasteiger partial charge on any atom is 0.293 e. The zero-order valence-electron chi connectivity index (χ0n) is 13.8. The van der Waals surface area contributed by atoms with E-state index in [1.54, 1.807) is 7.05 Å². The molecule has 1 atom stereocenters. The SMILES string of the molecule is CCc1cc(-c2ccc3c(c2)OC[C@H]3NC(=O)c2nnn(C)n2)no1. The van der Waals surface area contributed by atoms with Crippen molar-refractivity contribution in [1.29, 1.82) is 0 Å². The Bertz CT molecular complexity index is 932. The molecule has 25 heavy (non-hydrogen) atoms. The van der Waals surface area contributed by atoms with Gasteiger partial charge in [0.1, 0.15) is 23.8 Å². The second kappa shape index (κ2) is 6.00. The highest BCUT2D eigenvalue weighted by atomic mass is 16.5. The van der Waals surface area contributed by atoms with Crippen molar-refractivity contribution < 1.29 is 14.1 Å². The van der Waals surface area contributed by atoms with Crippen LogP contribution in [0.3, 0.4) is 0 Å². The van der Waals surface area contributed by atoms with E-state index in [4.69, 9.17) is 9.26 Å². The molecule has 0 fully saturated rings. The van der Waals surface area contributed by atoms with Gasteiger partial charge in [0.05, 0.1) is 13.1 Å². The zero-order chi connectivity index (χ0) is 17.4. The molecule has 1 N–H and O–H groups in total. The Labute approximate surface area is 143 Å². The van der Waals surface area contributed by atoms with Gasteiger partial charge in [0.15, 0.2) is 0 Å². The first kappa shape index (κ1) is 15.3. The van der Waals surface area contributed by atoms with Gasteiger partial charge in [0, 0.05) is 23.6 Å². The lowest BCUT2D eigenvalue weighted by molar-refractivity contribution is 0.0919. The summed E-state index contributed by atoms with van der Waals surface area (Å²) >= 11 is 0. The third kappa shape index (κ3) is 2.84. The molecule has 0 bridgehead atoms. The monoisotopic (exact) mass is 340 g/mol. The highest BCUT2D eigenvalue weighted by molar-refractivity contribution is 5.90. The maximum absolute atomic E-state index is 12.2. The van der Waals surface area contributed by atoms with Gasteiger partial charge in [0.2, 0.25) is 0 Å². The van der Waals surface area contributed by atoms with Crippen LogP contribution in [0.15, 0.2) is 28.8 Å². The number of hydrogen-bond donors (Lipinski definition) is 1. The van der Waals surface area contributed by atoms with Crippen molar-refractivity contribution in [2.45, 2.75) is 19.4 Å². The molecule has 9 heteroatoms. The average Bonchev–Trinajstić information content (AvgIpc) is 3.34. The van der Waals surface area contributed by atoms with Crippen LogP contribution in [-0.2, 0) is 13.5 Å². The van der Waals surface area contributed by atoms with Crippen LogP contribution in [0.4, 0.5) is 0 Å². The highest BCUT2D eigenvalue weighted by Crippen LogP contribution is 2.35. The third-order valence-electron chi connectivity index (χ3n) is 4.01. The molecule has 0 radical (unpaired) electrons. The van der Waals surface area contributed by atoms with Gasteiger partial charge in [-0.3, -0.25) is 4.79 Å². The number of hydrogen-bond acceptors (Lipinski definition) is 7. The number of nitrogens with zero attached hydrogens (tertiary/aromatic N) is 5. The molecular formula is C16H16N6O3. The van der Waals surface area contributed by atoms with Crippen molar-refractivity contribution in [3.05, 3.63) is 41.4 Å². The van der Waals surface area contributed by atoms with Gasteiger partial charge in [-0.15, -0.1) is 10.2 Å². The summed E-state index contributed by atoms with van der Waals surface area (Å²) in [6.07, 6.45) is 0.791. The summed E-state index contributed by atoms with van der Waals surface area (Å²) in [6.45, 7) is 2.36. The molecule has 128 valence electrons. The third-order valence-corrected chi connectivity index (χ3v) is 4.01. The second-order valence-electron chi connectivity index (χ2n) is 5.72. The molecule has 3 aromatic rings. The molecular weight excluding hydrogens is 324 g/mol. The number of aromatic nitrogens is 5. The lowest BCUT2D eigenvalue weighted by atomic mass is 10.0. The molecule has 9 nitrogen and oxygen atoms in total. The summed E-state index contributed by atoms with van der Waals surface area (Å²) in [4.78, 5) is 13.4. The minimum Gasteiger partial charge on any atom is -0.491 e. The van der Waals surface area contributed by atoms with Crippen LogP contribution in [-0.4, -0.2) is 37.9 Å². The van der Waals surface area contributed by atoms with Gasteiger partial charge >= 0.3 is 0 Å². The highest BCUT2D eigenvalue weighted by Gasteiger charge is 2.28. The number of carbonyl (C=O) groups excluding carboxylic acids is 1. The Morgan fingerprint density at radius 2 is 2.28 bits per heavy atom. The van der Waals surface area contributed by atoms with Crippen molar-refractivity contribution in [2.24, 2.45) is 7.05 Å². The van der Waals surface area contributed by atoms with Crippen LogP contribution < -0.4 is 10.1 Å². The number of fused-ring (bicyclic) bond motifs is 1. The van der Waals surface area contributed by atoms with E-state index in [-0.39, 0.29) is 17.8 Å². The molecule has 0 saturated heterocycles. The first-order valence-electron chi connectivity index (χ1n) is 7.91. The van der Waals surface area contributed by atoms with Crippen molar-refractivity contribution in [3.63, 3.8) is 0 Å². The Hall–Kier alpha value is -3.23. The minimum absolute atomic E-state index is 0.0299. The maximum atomic E-state index is 12.2. The van der Waals surface area contributed by atoms with Crippen LogP contribution in [0, 0.1) is 0 Å². The molecule has 1 aliphatic heterocycles. The standard InChI is InChI=1S/C16H16N6O3/c1-3-10-7-12(20-25-10)9-4-5-11-13(8-24-14(11)6-9)17-16(23)15-18-21-22(2)19-15/h4-7,13H,3,8H2,1-2H3,(H,17,23)/t13-/m1/s1. The lowest BCUT2D eigenvalue weighted by Gasteiger charge is -2.09. The van der Waals surface area contributed by atoms with Crippen LogP contribution in [0.2, 0.25) is 0 Å². The van der Waals surface area contributed by atoms with E-state index in [9.17, 15) is 4.79 Å². The van der Waals surface area contributed by atoms with Crippen LogP contribution in [0.25, 0.3) is 11.3 Å². The number of amides is 1. The number of nitrogens with one attached hydrogen (secondary N) is 1. The zero-order valence-corrected chi connectivity index (χ0v) is 13.8. The molecule has 0 aliphatic carbocycles. The fourth-order valence-corrected chi connectivity index (χ4v) is 2.70. The van der Waals surface area contributed by atoms with Gasteiger partial charge in [0.25, 0.3) is 11.7 Å². The van der Waals surface area contributed by atoms with Crippen LogP contribution in [0.5, 0.6) is 5.75 Å². The van der Waals surface area contributed by atoms with Crippen molar-refractivity contribution in [3.8, 4) is 17.0 Å². The van der Waals surface area contributed by atoms with Gasteiger partial charge in [-0.1, -0.05) is 24.2 Å². The number of tetrazole rings is 1. The van der Waals surface area contributed by atoms with E-state index >= 15 is 0 Å². The largest absolute Gasteiger partial charge is 0.491 e. The van der Waals surface area contributed by atoms with Gasteiger partial charge in [-0.25, -0.2) is 0 Å². The smallest absolute Gasteiger partial charge is 0.293 e. The normalized spacial score (nSPS) is 15.7. The number of ether oxygens (including phenoxy) is 1. The van der Waals surface area contributed by atoms with E-state index in [1.807, 2.05) is 31.2 Å². The summed E-state index contributed by atoms with van der Waals surface area (Å²) in [5, 5.41) is 18.2. The first-order chi connectivity index (χ1) is 12.1. The predicted octanol–water partition coefficient (Wildman–Crippen LogP) is 1.29. The van der Waals surface area contributed by atoms with E-state index in [1.165, 1.54) is 4.80 Å². The van der Waals surface area contributed by atoms with Crippen LogP contribution in [0.1, 0.15) is 34.9 Å². The van der Waals surface area contributed by atoms with Gasteiger partial charge in [-0.2, -0.15) is 4.80 Å². The number of aryl methyl sites for hydroxylation is 2. The second-order valence-corrected chi connectivity index (χ2v) is 5.72. The van der Waals surface area contributed by atoms with Gasteiger partial charge in [-0.05, 0) is 11.3 Å². The Morgan fingerprint density at radius 1 is 1.40 bits per heavy atom. The Morgan fingerprint density at radius 3 is 3.00 bits per heavy atom. The van der Waals surface area contributed by atoms with Crippen molar-refractivity contribution >= 4 is 5.91 Å².